The number of aryl methyl sites for hydroxylation is 1. The number of nitrogens with zero attached hydrogens (tertiary/aromatic N) is 1. The fourth-order valence-corrected chi connectivity index (χ4v) is 4.75. The first-order valence-corrected chi connectivity index (χ1v) is 10.4. The second-order valence-corrected chi connectivity index (χ2v) is 8.36. The van der Waals surface area contributed by atoms with E-state index in [1.54, 1.807) is 24.3 Å². The number of rotatable bonds is 7. The maximum atomic E-state index is 13.2. The first-order valence-electron chi connectivity index (χ1n) is 9.20. The summed E-state index contributed by atoms with van der Waals surface area (Å²) in [6, 6.07) is 9.46. The highest BCUT2D eigenvalue weighted by Gasteiger charge is 2.13. The van der Waals surface area contributed by atoms with Crippen LogP contribution in [0.15, 0.2) is 35.1 Å². The molecular formula is C21H25ClN2O2S. The molecule has 0 saturated heterocycles. The molecule has 0 spiro atoms. The molecule has 1 aromatic heterocycles. The Bertz CT molecular complexity index is 1020. The number of hydrogen-bond acceptors (Lipinski definition) is 5. The number of benzene rings is 2. The second kappa shape index (κ2) is 8.57. The third-order valence-electron chi connectivity index (χ3n) is 4.70. The molecule has 3 aromatic rings. The lowest BCUT2D eigenvalue weighted by molar-refractivity contribution is 0.132. The van der Waals surface area contributed by atoms with E-state index in [1.165, 1.54) is 0 Å². The SMILES string of the molecule is CCN(CCNc1ccc(C)c2sc3cc(Cl)ccc3c(=O)c12)C[C@@H](C)O. The van der Waals surface area contributed by atoms with E-state index < -0.39 is 0 Å². The van der Waals surface area contributed by atoms with Crippen LogP contribution in [0, 0.1) is 6.92 Å². The van der Waals surface area contributed by atoms with Crippen LogP contribution in [0.25, 0.3) is 20.2 Å². The van der Waals surface area contributed by atoms with Gasteiger partial charge in [-0.2, -0.15) is 0 Å². The van der Waals surface area contributed by atoms with Crippen molar-refractivity contribution in [1.29, 1.82) is 0 Å². The normalized spacial score (nSPS) is 12.8. The van der Waals surface area contributed by atoms with E-state index in [-0.39, 0.29) is 11.5 Å². The number of aliphatic hydroxyl groups excluding tert-OH is 1. The van der Waals surface area contributed by atoms with Crippen LogP contribution in [0.3, 0.4) is 0 Å². The van der Waals surface area contributed by atoms with Crippen molar-refractivity contribution in [1.82, 2.24) is 4.90 Å². The van der Waals surface area contributed by atoms with Gasteiger partial charge in [-0.05, 0) is 50.2 Å². The molecule has 3 rings (SSSR count). The van der Waals surface area contributed by atoms with Gasteiger partial charge in [0, 0.05) is 45.1 Å². The number of hydrogen-bond donors (Lipinski definition) is 2. The van der Waals surface area contributed by atoms with Gasteiger partial charge in [0.05, 0.1) is 11.5 Å². The zero-order chi connectivity index (χ0) is 19.6. The van der Waals surface area contributed by atoms with E-state index >= 15 is 0 Å². The van der Waals surface area contributed by atoms with Gasteiger partial charge in [0.2, 0.25) is 0 Å². The van der Waals surface area contributed by atoms with Crippen molar-refractivity contribution >= 4 is 48.8 Å². The van der Waals surface area contributed by atoms with Crippen LogP contribution < -0.4 is 10.7 Å². The molecule has 0 unspecified atom stereocenters. The molecule has 0 fully saturated rings. The number of aliphatic hydroxyl groups is 1. The van der Waals surface area contributed by atoms with Gasteiger partial charge in [-0.15, -0.1) is 11.3 Å². The first-order chi connectivity index (χ1) is 12.9. The molecule has 4 nitrogen and oxygen atoms in total. The lowest BCUT2D eigenvalue weighted by Crippen LogP contribution is -2.34. The van der Waals surface area contributed by atoms with Gasteiger partial charge in [0.1, 0.15) is 0 Å². The third kappa shape index (κ3) is 4.43. The molecule has 1 heterocycles. The van der Waals surface area contributed by atoms with E-state index in [0.717, 1.165) is 39.1 Å². The Morgan fingerprint density at radius 3 is 2.78 bits per heavy atom. The van der Waals surface area contributed by atoms with E-state index in [4.69, 9.17) is 11.6 Å². The summed E-state index contributed by atoms with van der Waals surface area (Å²) in [7, 11) is 0. The van der Waals surface area contributed by atoms with Crippen molar-refractivity contribution in [3.8, 4) is 0 Å². The van der Waals surface area contributed by atoms with Gasteiger partial charge in [0.15, 0.2) is 5.43 Å². The number of anilines is 1. The van der Waals surface area contributed by atoms with Crippen LogP contribution in [-0.2, 0) is 0 Å². The van der Waals surface area contributed by atoms with Crippen molar-refractivity contribution in [3.05, 3.63) is 51.1 Å². The van der Waals surface area contributed by atoms with Crippen LogP contribution in [0.2, 0.25) is 5.02 Å². The average molecular weight is 405 g/mol. The summed E-state index contributed by atoms with van der Waals surface area (Å²) in [5.74, 6) is 0. The smallest absolute Gasteiger partial charge is 0.197 e. The van der Waals surface area contributed by atoms with Crippen LogP contribution in [0.5, 0.6) is 0 Å². The van der Waals surface area contributed by atoms with Gasteiger partial charge < -0.3 is 10.4 Å². The Balaban J connectivity index is 1.95. The predicted molar refractivity (Wildman–Crippen MR) is 118 cm³/mol. The van der Waals surface area contributed by atoms with Crippen LogP contribution >= 0.6 is 22.9 Å². The van der Waals surface area contributed by atoms with Gasteiger partial charge in [0.25, 0.3) is 0 Å². The number of nitrogens with one attached hydrogen (secondary N) is 1. The van der Waals surface area contributed by atoms with Crippen LogP contribution in [-0.4, -0.2) is 42.3 Å². The molecular weight excluding hydrogens is 380 g/mol. The lowest BCUT2D eigenvalue weighted by atomic mass is 10.1. The summed E-state index contributed by atoms with van der Waals surface area (Å²) >= 11 is 7.72. The van der Waals surface area contributed by atoms with Crippen molar-refractivity contribution in [2.45, 2.75) is 26.9 Å². The minimum Gasteiger partial charge on any atom is -0.392 e. The van der Waals surface area contributed by atoms with E-state index in [9.17, 15) is 9.90 Å². The summed E-state index contributed by atoms with van der Waals surface area (Å²) < 4.78 is 1.91. The predicted octanol–water partition coefficient (Wildman–Crippen LogP) is 4.49. The molecule has 1 atom stereocenters. The summed E-state index contributed by atoms with van der Waals surface area (Å²) in [6.07, 6.45) is -0.349. The summed E-state index contributed by atoms with van der Waals surface area (Å²) in [4.78, 5) is 15.3. The third-order valence-corrected chi connectivity index (χ3v) is 6.22. The van der Waals surface area contributed by atoms with Gasteiger partial charge >= 0.3 is 0 Å². The molecule has 0 saturated carbocycles. The van der Waals surface area contributed by atoms with Gasteiger partial charge in [-0.3, -0.25) is 9.69 Å². The molecule has 2 N–H and O–H groups in total. The number of likely N-dealkylation sites (N-methyl/N-ethyl adjacent to an activating group) is 1. The molecule has 0 radical (unpaired) electrons. The van der Waals surface area contributed by atoms with E-state index in [0.29, 0.717) is 23.5 Å². The molecule has 144 valence electrons. The van der Waals surface area contributed by atoms with Crippen LogP contribution in [0.1, 0.15) is 19.4 Å². The maximum Gasteiger partial charge on any atom is 0.197 e. The molecule has 6 heteroatoms. The van der Waals surface area contributed by atoms with Crippen molar-refractivity contribution in [2.75, 3.05) is 31.5 Å². The standard InChI is InChI=1S/C21H25ClN2O2S/c1-4-24(12-14(3)25)10-9-23-17-8-5-13(2)21-19(17)20(26)16-7-6-15(22)11-18(16)27-21/h5-8,11,14,23,25H,4,9-10,12H2,1-3H3/t14-/m1/s1. The summed E-state index contributed by atoms with van der Waals surface area (Å²) in [5.41, 5.74) is 1.99. The molecule has 2 aromatic carbocycles. The molecule has 0 aliphatic heterocycles. The minimum atomic E-state index is -0.349. The minimum absolute atomic E-state index is 0.0398. The molecule has 27 heavy (non-hydrogen) atoms. The number of halogens is 1. The Hall–Kier alpha value is -1.66. The zero-order valence-electron chi connectivity index (χ0n) is 15.9. The number of fused-ring (bicyclic) bond motifs is 2. The Morgan fingerprint density at radius 1 is 1.30 bits per heavy atom. The quantitative estimate of drug-likeness (QED) is 0.569. The zero-order valence-corrected chi connectivity index (χ0v) is 17.5. The first kappa shape index (κ1) is 20.1. The largest absolute Gasteiger partial charge is 0.392 e. The fourth-order valence-electron chi connectivity index (χ4n) is 3.30. The maximum absolute atomic E-state index is 13.2. The highest BCUT2D eigenvalue weighted by Crippen LogP contribution is 2.32. The van der Waals surface area contributed by atoms with E-state index in [1.807, 2.05) is 31.2 Å². The van der Waals surface area contributed by atoms with Gasteiger partial charge in [-0.25, -0.2) is 0 Å². The molecule has 0 aliphatic carbocycles. The Labute approximate surface area is 168 Å². The van der Waals surface area contributed by atoms with E-state index in [2.05, 4.69) is 17.1 Å². The van der Waals surface area contributed by atoms with Crippen LogP contribution in [0.4, 0.5) is 5.69 Å². The average Bonchev–Trinajstić information content (AvgIpc) is 2.62. The van der Waals surface area contributed by atoms with Crippen molar-refractivity contribution in [3.63, 3.8) is 0 Å². The second-order valence-electron chi connectivity index (χ2n) is 6.87. The van der Waals surface area contributed by atoms with Crippen molar-refractivity contribution in [2.24, 2.45) is 0 Å². The summed E-state index contributed by atoms with van der Waals surface area (Å²) in [6.45, 7) is 8.94. The monoisotopic (exact) mass is 404 g/mol. The molecule has 0 bridgehead atoms. The molecule has 0 amide bonds. The van der Waals surface area contributed by atoms with Gasteiger partial charge in [-0.1, -0.05) is 24.6 Å². The topological polar surface area (TPSA) is 52.6 Å². The summed E-state index contributed by atoms with van der Waals surface area (Å²) in [5, 5.41) is 15.1. The Morgan fingerprint density at radius 2 is 2.07 bits per heavy atom. The highest BCUT2D eigenvalue weighted by molar-refractivity contribution is 7.24. The molecule has 0 aliphatic rings. The fraction of sp³-hybridized carbons (Fsp3) is 0.381. The lowest BCUT2D eigenvalue weighted by Gasteiger charge is -2.22. The Kier molecular flexibility index (Phi) is 6.37. The van der Waals surface area contributed by atoms with Crippen molar-refractivity contribution < 1.29 is 5.11 Å². The highest BCUT2D eigenvalue weighted by atomic mass is 35.5.